The Bertz CT molecular complexity index is 43.3. The number of rotatable bonds is 4. The summed E-state index contributed by atoms with van der Waals surface area (Å²) >= 11 is 0. The van der Waals surface area contributed by atoms with Crippen molar-refractivity contribution in [2.24, 2.45) is 5.73 Å². The van der Waals surface area contributed by atoms with Crippen LogP contribution in [0, 0.1) is 11.8 Å². The third-order valence-corrected chi connectivity index (χ3v) is 0.655. The molecule has 0 aromatic rings. The van der Waals surface area contributed by atoms with Crippen molar-refractivity contribution in [3.05, 3.63) is 6.42 Å². The van der Waals surface area contributed by atoms with Crippen LogP contribution in [0.2, 0.25) is 0 Å². The molecule has 41 valence electrons. The molecule has 0 unspecified atom stereocenters. The Morgan fingerprint density at radius 2 is 2.29 bits per heavy atom. The molecular formula is C5H11N2. The second-order valence-electron chi connectivity index (χ2n) is 1.31. The Labute approximate surface area is 44.2 Å². The standard InChI is InChI=1S/C5H11N2/c6-4-2-1-3-5-7/h1,4,6H,2-3,5,7H2. The van der Waals surface area contributed by atoms with E-state index >= 15 is 0 Å². The minimum absolute atomic E-state index is 0.702. The first-order chi connectivity index (χ1) is 3.41. The lowest BCUT2D eigenvalue weighted by Crippen LogP contribution is -1.97. The maximum Gasteiger partial charge on any atom is -0.00449 e. The number of hydrogen-bond acceptors (Lipinski definition) is 2. The molecule has 1 radical (unpaired) electrons. The van der Waals surface area contributed by atoms with E-state index in [-0.39, 0.29) is 0 Å². The summed E-state index contributed by atoms with van der Waals surface area (Å²) in [6.07, 6.45) is 5.05. The van der Waals surface area contributed by atoms with Gasteiger partial charge in [-0.3, -0.25) is 0 Å². The SMILES string of the molecule is N=CC[CH]CCN. The maximum absolute atomic E-state index is 6.58. The predicted octanol–water partition coefficient (Wildman–Crippen LogP) is 0.579. The second kappa shape index (κ2) is 5.63. The highest BCUT2D eigenvalue weighted by molar-refractivity contribution is 5.54. The van der Waals surface area contributed by atoms with Gasteiger partial charge in [0.1, 0.15) is 0 Å². The molecule has 7 heavy (non-hydrogen) atoms. The highest BCUT2D eigenvalue weighted by Gasteiger charge is 1.78. The number of unbranched alkanes of at least 4 members (excludes halogenated alkanes) is 2. The van der Waals surface area contributed by atoms with Gasteiger partial charge in [0.2, 0.25) is 0 Å². The molecule has 2 heteroatoms. The molecule has 0 rings (SSSR count). The monoisotopic (exact) mass is 99.1 g/mol. The van der Waals surface area contributed by atoms with Crippen LogP contribution in [-0.4, -0.2) is 12.8 Å². The fourth-order valence-electron chi connectivity index (χ4n) is 0.319. The van der Waals surface area contributed by atoms with Gasteiger partial charge in [-0.05, 0) is 32.0 Å². The van der Waals surface area contributed by atoms with Crippen LogP contribution in [0.1, 0.15) is 12.8 Å². The van der Waals surface area contributed by atoms with Crippen LogP contribution >= 0.6 is 0 Å². The minimum atomic E-state index is 0.702. The molecule has 0 atom stereocenters. The van der Waals surface area contributed by atoms with Gasteiger partial charge in [-0.2, -0.15) is 0 Å². The van der Waals surface area contributed by atoms with E-state index in [1.54, 1.807) is 0 Å². The van der Waals surface area contributed by atoms with Crippen molar-refractivity contribution in [2.75, 3.05) is 6.54 Å². The molecule has 0 aromatic carbocycles. The lowest BCUT2D eigenvalue weighted by Gasteiger charge is -1.86. The van der Waals surface area contributed by atoms with Gasteiger partial charge in [-0.1, -0.05) is 0 Å². The van der Waals surface area contributed by atoms with Crippen LogP contribution < -0.4 is 5.73 Å². The summed E-state index contributed by atoms with van der Waals surface area (Å²) < 4.78 is 0. The largest absolute Gasteiger partial charge is 0.330 e. The molecule has 0 heterocycles. The molecule has 0 saturated carbocycles. The maximum atomic E-state index is 6.58. The Morgan fingerprint density at radius 1 is 1.57 bits per heavy atom. The lowest BCUT2D eigenvalue weighted by atomic mass is 10.2. The van der Waals surface area contributed by atoms with Crippen molar-refractivity contribution < 1.29 is 0 Å². The van der Waals surface area contributed by atoms with E-state index < -0.39 is 0 Å². The number of nitrogens with one attached hydrogen (secondary N) is 1. The lowest BCUT2D eigenvalue weighted by molar-refractivity contribution is 0.927. The Hall–Kier alpha value is -0.370. The van der Waals surface area contributed by atoms with E-state index in [1.165, 1.54) is 6.21 Å². The zero-order valence-electron chi connectivity index (χ0n) is 4.35. The van der Waals surface area contributed by atoms with Gasteiger partial charge in [0, 0.05) is 0 Å². The highest BCUT2D eigenvalue weighted by atomic mass is 14.5. The molecule has 2 nitrogen and oxygen atoms in total. The molecule has 0 aliphatic heterocycles. The van der Waals surface area contributed by atoms with E-state index in [0.29, 0.717) is 6.54 Å². The van der Waals surface area contributed by atoms with E-state index in [9.17, 15) is 0 Å². The highest BCUT2D eigenvalue weighted by Crippen LogP contribution is 1.85. The summed E-state index contributed by atoms with van der Waals surface area (Å²) in [5.74, 6) is 0. The average Bonchev–Trinajstić information content (AvgIpc) is 1.69. The fraction of sp³-hybridized carbons (Fsp3) is 0.600. The average molecular weight is 99.2 g/mol. The molecule has 0 bridgehead atoms. The van der Waals surface area contributed by atoms with Crippen molar-refractivity contribution in [1.29, 1.82) is 5.41 Å². The first-order valence-electron chi connectivity index (χ1n) is 2.42. The van der Waals surface area contributed by atoms with Crippen molar-refractivity contribution >= 4 is 6.21 Å². The van der Waals surface area contributed by atoms with Gasteiger partial charge in [-0.25, -0.2) is 0 Å². The van der Waals surface area contributed by atoms with Gasteiger partial charge in [0.05, 0.1) is 0 Å². The summed E-state index contributed by atoms with van der Waals surface area (Å²) in [6.45, 7) is 0.702. The van der Waals surface area contributed by atoms with Crippen LogP contribution in [0.25, 0.3) is 0 Å². The van der Waals surface area contributed by atoms with Crippen LogP contribution in [-0.2, 0) is 0 Å². The zero-order valence-corrected chi connectivity index (χ0v) is 4.35. The molecule has 0 saturated heterocycles. The van der Waals surface area contributed by atoms with Gasteiger partial charge in [-0.15, -0.1) is 0 Å². The second-order valence-corrected chi connectivity index (χ2v) is 1.31. The van der Waals surface area contributed by atoms with E-state index in [4.69, 9.17) is 11.1 Å². The van der Waals surface area contributed by atoms with Crippen LogP contribution in [0.4, 0.5) is 0 Å². The topological polar surface area (TPSA) is 49.9 Å². The predicted molar refractivity (Wildman–Crippen MR) is 31.4 cm³/mol. The summed E-state index contributed by atoms with van der Waals surface area (Å²) in [5, 5.41) is 6.58. The summed E-state index contributed by atoms with van der Waals surface area (Å²) in [4.78, 5) is 0. The third-order valence-electron chi connectivity index (χ3n) is 0.655. The van der Waals surface area contributed by atoms with E-state index in [2.05, 4.69) is 0 Å². The van der Waals surface area contributed by atoms with Crippen molar-refractivity contribution in [2.45, 2.75) is 12.8 Å². The van der Waals surface area contributed by atoms with Crippen LogP contribution in [0.5, 0.6) is 0 Å². The van der Waals surface area contributed by atoms with Crippen molar-refractivity contribution in [3.8, 4) is 0 Å². The first-order valence-corrected chi connectivity index (χ1v) is 2.42. The van der Waals surface area contributed by atoms with Crippen molar-refractivity contribution in [1.82, 2.24) is 0 Å². The molecule has 0 amide bonds. The van der Waals surface area contributed by atoms with Crippen molar-refractivity contribution in [3.63, 3.8) is 0 Å². The minimum Gasteiger partial charge on any atom is -0.330 e. The molecule has 0 aliphatic carbocycles. The molecule has 0 aromatic heterocycles. The molecule has 3 N–H and O–H groups in total. The molecular weight excluding hydrogens is 88.1 g/mol. The van der Waals surface area contributed by atoms with Crippen LogP contribution in [0.3, 0.4) is 0 Å². The van der Waals surface area contributed by atoms with E-state index in [0.717, 1.165) is 12.8 Å². The Balaban J connectivity index is 2.56. The van der Waals surface area contributed by atoms with Gasteiger partial charge >= 0.3 is 0 Å². The van der Waals surface area contributed by atoms with Crippen LogP contribution in [0.15, 0.2) is 0 Å². The molecule has 0 fully saturated rings. The summed E-state index contributed by atoms with van der Waals surface area (Å²) in [6, 6.07) is 0. The molecule has 0 aliphatic rings. The zero-order chi connectivity index (χ0) is 5.54. The summed E-state index contributed by atoms with van der Waals surface area (Å²) in [5.41, 5.74) is 5.16. The smallest absolute Gasteiger partial charge is 0.00449 e. The number of hydrogen-bond donors (Lipinski definition) is 2. The third kappa shape index (κ3) is 5.63. The Morgan fingerprint density at radius 3 is 2.71 bits per heavy atom. The first kappa shape index (κ1) is 6.63. The molecule has 0 spiro atoms. The van der Waals surface area contributed by atoms with Gasteiger partial charge in [0.15, 0.2) is 0 Å². The van der Waals surface area contributed by atoms with Gasteiger partial charge < -0.3 is 11.1 Å². The number of nitrogens with two attached hydrogens (primary N) is 1. The Kier molecular flexibility index (Phi) is 5.33. The fourth-order valence-corrected chi connectivity index (χ4v) is 0.319. The van der Waals surface area contributed by atoms with Gasteiger partial charge in [0.25, 0.3) is 0 Å². The van der Waals surface area contributed by atoms with E-state index in [1.807, 2.05) is 6.42 Å². The quantitative estimate of drug-likeness (QED) is 0.393. The summed E-state index contributed by atoms with van der Waals surface area (Å²) in [7, 11) is 0. The normalized spacial score (nSPS) is 8.71.